The van der Waals surface area contributed by atoms with Gasteiger partial charge in [0.1, 0.15) is 0 Å². The molecule has 2 N–H and O–H groups in total. The maximum absolute atomic E-state index is 12.3. The molecule has 1 amide bonds. The number of carbonyl (C=O) groups is 3. The monoisotopic (exact) mass is 426 g/mol. The van der Waals surface area contributed by atoms with Crippen molar-refractivity contribution >= 4 is 29.0 Å². The maximum Gasteiger partial charge on any atom is 0.337 e. The first-order valence-corrected chi connectivity index (χ1v) is 9.90. The molecule has 0 atom stereocenters. The van der Waals surface area contributed by atoms with Gasteiger partial charge in [0.2, 0.25) is 5.91 Å². The summed E-state index contributed by atoms with van der Waals surface area (Å²) in [4.78, 5) is 35.7. The van der Waals surface area contributed by atoms with Crippen molar-refractivity contribution in [1.29, 1.82) is 0 Å². The highest BCUT2D eigenvalue weighted by molar-refractivity contribution is 6.04. The Bertz CT molecular complexity index is 1220. The molecule has 0 aromatic heterocycles. The fraction of sp³-hybridized carbons (Fsp3) is 0.115. The molecular weight excluding hydrogens is 404 g/mol. The molecule has 0 radical (unpaired) electrons. The number of para-hydroxylation sites is 1. The molecule has 0 fully saturated rings. The van der Waals surface area contributed by atoms with Gasteiger partial charge in [-0.3, -0.25) is 9.59 Å². The van der Waals surface area contributed by atoms with E-state index in [1.807, 2.05) is 30.3 Å². The summed E-state index contributed by atoms with van der Waals surface area (Å²) >= 11 is 0. The zero-order valence-corrected chi connectivity index (χ0v) is 17.8. The number of carbonyl (C=O) groups excluding carboxylic acids is 3. The molecule has 0 saturated heterocycles. The number of methoxy groups -OCH3 is 1. The Hall–Kier alpha value is -4.37. The van der Waals surface area contributed by atoms with Crippen molar-refractivity contribution in [2.45, 2.75) is 6.92 Å². The minimum absolute atomic E-state index is 0.0320. The third-order valence-electron chi connectivity index (χ3n) is 4.53. The number of amides is 1. The molecule has 3 aromatic rings. The van der Waals surface area contributed by atoms with Gasteiger partial charge in [0.05, 0.1) is 24.9 Å². The Kier molecular flexibility index (Phi) is 7.39. The fourth-order valence-corrected chi connectivity index (χ4v) is 2.97. The molecule has 3 aromatic carbocycles. The van der Waals surface area contributed by atoms with Gasteiger partial charge in [0.15, 0.2) is 5.78 Å². The molecule has 0 heterocycles. The molecule has 0 aliphatic rings. The van der Waals surface area contributed by atoms with Crippen molar-refractivity contribution in [3.63, 3.8) is 0 Å². The van der Waals surface area contributed by atoms with E-state index in [2.05, 4.69) is 22.5 Å². The maximum atomic E-state index is 12.3. The van der Waals surface area contributed by atoms with Crippen LogP contribution in [-0.4, -0.2) is 31.3 Å². The van der Waals surface area contributed by atoms with Gasteiger partial charge in [-0.2, -0.15) is 0 Å². The van der Waals surface area contributed by atoms with Crippen molar-refractivity contribution in [2.75, 3.05) is 24.3 Å². The first-order chi connectivity index (χ1) is 15.5. The van der Waals surface area contributed by atoms with Gasteiger partial charge in [0.25, 0.3) is 0 Å². The van der Waals surface area contributed by atoms with E-state index in [1.54, 1.807) is 42.5 Å². The number of rotatable bonds is 6. The summed E-state index contributed by atoms with van der Waals surface area (Å²) in [7, 11) is 1.33. The van der Waals surface area contributed by atoms with E-state index in [0.29, 0.717) is 22.4 Å². The lowest BCUT2D eigenvalue weighted by Gasteiger charge is -2.10. The zero-order valence-electron chi connectivity index (χ0n) is 17.8. The minimum atomic E-state index is -0.413. The first kappa shape index (κ1) is 22.3. The van der Waals surface area contributed by atoms with E-state index < -0.39 is 5.97 Å². The minimum Gasteiger partial charge on any atom is -0.465 e. The first-order valence-electron chi connectivity index (χ1n) is 9.90. The van der Waals surface area contributed by atoms with Crippen molar-refractivity contribution in [3.05, 3.63) is 95.1 Å². The second kappa shape index (κ2) is 10.6. The van der Waals surface area contributed by atoms with Crippen LogP contribution in [0.4, 0.5) is 11.4 Å². The number of benzene rings is 3. The number of esters is 1. The summed E-state index contributed by atoms with van der Waals surface area (Å²) in [6, 6.07) is 21.1. The van der Waals surface area contributed by atoms with Crippen LogP contribution in [0.1, 0.15) is 38.8 Å². The number of ether oxygens (including phenoxy) is 1. The Morgan fingerprint density at radius 3 is 2.28 bits per heavy atom. The molecule has 0 bridgehead atoms. The Morgan fingerprint density at radius 1 is 0.875 bits per heavy atom. The average molecular weight is 426 g/mol. The largest absolute Gasteiger partial charge is 0.465 e. The van der Waals surface area contributed by atoms with Gasteiger partial charge in [-0.05, 0) is 55.5 Å². The lowest BCUT2D eigenvalue weighted by atomic mass is 10.1. The normalized spacial score (nSPS) is 9.81. The molecule has 0 aliphatic heterocycles. The van der Waals surface area contributed by atoms with Crippen LogP contribution in [-0.2, 0) is 9.53 Å². The third-order valence-corrected chi connectivity index (χ3v) is 4.53. The van der Waals surface area contributed by atoms with Gasteiger partial charge in [0, 0.05) is 22.4 Å². The van der Waals surface area contributed by atoms with Crippen molar-refractivity contribution in [3.8, 4) is 11.8 Å². The van der Waals surface area contributed by atoms with Crippen molar-refractivity contribution in [2.24, 2.45) is 0 Å². The van der Waals surface area contributed by atoms with E-state index in [1.165, 1.54) is 14.0 Å². The highest BCUT2D eigenvalue weighted by Gasteiger charge is 2.09. The van der Waals surface area contributed by atoms with Crippen LogP contribution in [0.3, 0.4) is 0 Å². The second-order valence-electron chi connectivity index (χ2n) is 6.91. The molecule has 0 aliphatic carbocycles. The molecule has 160 valence electrons. The van der Waals surface area contributed by atoms with Crippen molar-refractivity contribution in [1.82, 2.24) is 0 Å². The molecule has 6 nitrogen and oxygen atoms in total. The molecule has 3 rings (SSSR count). The topological polar surface area (TPSA) is 84.5 Å². The Morgan fingerprint density at radius 2 is 1.56 bits per heavy atom. The predicted octanol–water partition coefficient (Wildman–Crippen LogP) is 4.13. The summed E-state index contributed by atoms with van der Waals surface area (Å²) < 4.78 is 4.73. The summed E-state index contributed by atoms with van der Waals surface area (Å²) in [6.45, 7) is 1.49. The van der Waals surface area contributed by atoms with E-state index in [-0.39, 0.29) is 18.2 Å². The second-order valence-corrected chi connectivity index (χ2v) is 6.91. The van der Waals surface area contributed by atoms with Gasteiger partial charge >= 0.3 is 5.97 Å². The Balaban J connectivity index is 1.64. The van der Waals surface area contributed by atoms with E-state index in [0.717, 1.165) is 11.3 Å². The van der Waals surface area contributed by atoms with Gasteiger partial charge in [-0.15, -0.1) is 0 Å². The van der Waals surface area contributed by atoms with Crippen LogP contribution in [0.5, 0.6) is 0 Å². The highest BCUT2D eigenvalue weighted by atomic mass is 16.5. The number of ketones is 1. The molecule has 6 heteroatoms. The van der Waals surface area contributed by atoms with Crippen LogP contribution >= 0.6 is 0 Å². The number of hydrogen-bond acceptors (Lipinski definition) is 5. The third kappa shape index (κ3) is 6.07. The van der Waals surface area contributed by atoms with E-state index in [9.17, 15) is 14.4 Å². The van der Waals surface area contributed by atoms with Crippen LogP contribution in [0.25, 0.3) is 0 Å². The van der Waals surface area contributed by atoms with E-state index in [4.69, 9.17) is 4.74 Å². The van der Waals surface area contributed by atoms with Gasteiger partial charge < -0.3 is 15.4 Å². The number of hydrogen-bond donors (Lipinski definition) is 2. The standard InChI is InChI=1S/C26H22N2O4/c1-18(29)23-11-3-4-12-24(23)28-25(30)17-27-22-10-6-8-20(16-22)14-13-19-7-5-9-21(15-19)26(31)32-2/h3-12,15-16,27H,17H2,1-2H3,(H,28,30). The number of Topliss-reactive ketones (excluding diaryl/α,β-unsaturated/α-hetero) is 1. The molecular formula is C26H22N2O4. The fourth-order valence-electron chi connectivity index (χ4n) is 2.97. The molecule has 0 saturated carbocycles. The smallest absolute Gasteiger partial charge is 0.337 e. The average Bonchev–Trinajstić information content (AvgIpc) is 2.81. The van der Waals surface area contributed by atoms with Gasteiger partial charge in [-0.25, -0.2) is 4.79 Å². The van der Waals surface area contributed by atoms with Gasteiger partial charge in [-0.1, -0.05) is 36.1 Å². The van der Waals surface area contributed by atoms with Crippen LogP contribution < -0.4 is 10.6 Å². The lowest BCUT2D eigenvalue weighted by molar-refractivity contribution is -0.114. The molecule has 0 spiro atoms. The highest BCUT2D eigenvalue weighted by Crippen LogP contribution is 2.16. The molecule has 0 unspecified atom stereocenters. The van der Waals surface area contributed by atoms with Crippen molar-refractivity contribution < 1.29 is 19.1 Å². The quantitative estimate of drug-likeness (QED) is 0.352. The van der Waals surface area contributed by atoms with Crippen LogP contribution in [0.2, 0.25) is 0 Å². The summed E-state index contributed by atoms with van der Waals surface area (Å²) in [5.74, 6) is 5.28. The van der Waals surface area contributed by atoms with Crippen LogP contribution in [0, 0.1) is 11.8 Å². The Labute approximate surface area is 186 Å². The number of nitrogens with one attached hydrogen (secondary N) is 2. The SMILES string of the molecule is COC(=O)c1cccc(C#Cc2cccc(NCC(=O)Nc3ccccc3C(C)=O)c2)c1. The van der Waals surface area contributed by atoms with Crippen LogP contribution in [0.15, 0.2) is 72.8 Å². The summed E-state index contributed by atoms with van der Waals surface area (Å²) in [6.07, 6.45) is 0. The lowest BCUT2D eigenvalue weighted by Crippen LogP contribution is -2.22. The van der Waals surface area contributed by atoms with E-state index >= 15 is 0 Å². The zero-order chi connectivity index (χ0) is 22.9. The predicted molar refractivity (Wildman–Crippen MR) is 124 cm³/mol. The molecule has 32 heavy (non-hydrogen) atoms. The summed E-state index contributed by atoms with van der Waals surface area (Å²) in [5, 5.41) is 5.81. The summed E-state index contributed by atoms with van der Waals surface area (Å²) in [5.41, 5.74) is 3.56. The number of anilines is 2.